The van der Waals surface area contributed by atoms with E-state index in [0.717, 1.165) is 0 Å². The van der Waals surface area contributed by atoms with Gasteiger partial charge in [-0.25, -0.2) is 0 Å². The van der Waals surface area contributed by atoms with Gasteiger partial charge in [-0.05, 0) is 25.1 Å². The first kappa shape index (κ1) is 14.8. The van der Waals surface area contributed by atoms with Crippen molar-refractivity contribution in [2.45, 2.75) is 6.92 Å². The molecule has 6 heteroatoms. The van der Waals surface area contributed by atoms with E-state index in [2.05, 4.69) is 0 Å². The summed E-state index contributed by atoms with van der Waals surface area (Å²) in [6.45, 7) is 2.68. The van der Waals surface area contributed by atoms with Crippen LogP contribution in [0.4, 0.5) is 11.4 Å². The average Bonchev–Trinajstić information content (AvgIpc) is 2.35. The smallest absolute Gasteiger partial charge is 0.250 e. The van der Waals surface area contributed by atoms with Gasteiger partial charge >= 0.3 is 0 Å². The minimum Gasteiger partial charge on any atom is -0.399 e. The SMILES string of the molecule is CCN(CC(=O)N(C)C)c1ccc(N)cc1C(N)=O. The van der Waals surface area contributed by atoms with E-state index in [1.807, 2.05) is 6.92 Å². The Bertz CT molecular complexity index is 486. The second-order valence-electron chi connectivity index (χ2n) is 4.44. The van der Waals surface area contributed by atoms with Gasteiger partial charge in [0.15, 0.2) is 0 Å². The molecule has 0 bridgehead atoms. The number of carbonyl (C=O) groups is 2. The quantitative estimate of drug-likeness (QED) is 0.747. The molecule has 2 amide bonds. The Morgan fingerprint density at radius 1 is 1.26 bits per heavy atom. The predicted octanol–water partition coefficient (Wildman–Crippen LogP) is 0.282. The van der Waals surface area contributed by atoms with Crippen LogP contribution in [0.15, 0.2) is 18.2 Å². The Morgan fingerprint density at radius 3 is 2.37 bits per heavy atom. The summed E-state index contributed by atoms with van der Waals surface area (Å²) in [6, 6.07) is 4.92. The van der Waals surface area contributed by atoms with Crippen molar-refractivity contribution in [3.63, 3.8) is 0 Å². The molecule has 0 saturated heterocycles. The molecule has 0 heterocycles. The van der Waals surface area contributed by atoms with Crippen molar-refractivity contribution in [1.82, 2.24) is 4.90 Å². The second-order valence-corrected chi connectivity index (χ2v) is 4.44. The van der Waals surface area contributed by atoms with E-state index in [-0.39, 0.29) is 12.5 Å². The number of primary amides is 1. The molecular weight excluding hydrogens is 244 g/mol. The Labute approximate surface area is 113 Å². The van der Waals surface area contributed by atoms with Crippen LogP contribution in [-0.2, 0) is 4.79 Å². The largest absolute Gasteiger partial charge is 0.399 e. The highest BCUT2D eigenvalue weighted by atomic mass is 16.2. The molecule has 0 aromatic heterocycles. The molecule has 0 aliphatic rings. The molecule has 19 heavy (non-hydrogen) atoms. The molecule has 0 radical (unpaired) electrons. The minimum atomic E-state index is -0.557. The monoisotopic (exact) mass is 264 g/mol. The van der Waals surface area contributed by atoms with Gasteiger partial charge in [-0.1, -0.05) is 0 Å². The lowest BCUT2D eigenvalue weighted by Crippen LogP contribution is -2.37. The third-order valence-electron chi connectivity index (χ3n) is 2.83. The molecule has 0 fully saturated rings. The van der Waals surface area contributed by atoms with E-state index in [0.29, 0.717) is 23.5 Å². The van der Waals surface area contributed by atoms with Gasteiger partial charge in [-0.2, -0.15) is 0 Å². The fourth-order valence-electron chi connectivity index (χ4n) is 1.70. The molecule has 0 saturated carbocycles. The summed E-state index contributed by atoms with van der Waals surface area (Å²) in [4.78, 5) is 26.5. The Balaban J connectivity index is 3.11. The highest BCUT2D eigenvalue weighted by molar-refractivity contribution is 6.00. The summed E-state index contributed by atoms with van der Waals surface area (Å²) < 4.78 is 0. The number of nitrogens with zero attached hydrogens (tertiary/aromatic N) is 2. The minimum absolute atomic E-state index is 0.0471. The number of nitrogen functional groups attached to an aromatic ring is 1. The van der Waals surface area contributed by atoms with Gasteiger partial charge in [0, 0.05) is 26.3 Å². The maximum absolute atomic E-state index is 11.8. The summed E-state index contributed by atoms with van der Waals surface area (Å²) in [6.07, 6.45) is 0. The van der Waals surface area contributed by atoms with Crippen LogP contribution in [0.1, 0.15) is 17.3 Å². The number of carbonyl (C=O) groups excluding carboxylic acids is 2. The van der Waals surface area contributed by atoms with Crippen molar-refractivity contribution >= 4 is 23.2 Å². The number of amides is 2. The number of hydrogen-bond donors (Lipinski definition) is 2. The van der Waals surface area contributed by atoms with Crippen molar-refractivity contribution in [3.8, 4) is 0 Å². The summed E-state index contributed by atoms with van der Waals surface area (Å²) in [5.74, 6) is -0.604. The normalized spacial score (nSPS) is 10.1. The Kier molecular flexibility index (Phi) is 4.74. The number of nitrogens with two attached hydrogens (primary N) is 2. The molecule has 6 nitrogen and oxygen atoms in total. The zero-order valence-electron chi connectivity index (χ0n) is 11.5. The number of rotatable bonds is 5. The van der Waals surface area contributed by atoms with Crippen molar-refractivity contribution in [3.05, 3.63) is 23.8 Å². The fourth-order valence-corrected chi connectivity index (χ4v) is 1.70. The van der Waals surface area contributed by atoms with Crippen LogP contribution in [-0.4, -0.2) is 43.9 Å². The predicted molar refractivity (Wildman–Crippen MR) is 76.0 cm³/mol. The number of anilines is 2. The van der Waals surface area contributed by atoms with Crippen molar-refractivity contribution in [2.75, 3.05) is 37.8 Å². The molecule has 1 rings (SSSR count). The first-order valence-corrected chi connectivity index (χ1v) is 6.01. The zero-order valence-corrected chi connectivity index (χ0v) is 11.5. The van der Waals surface area contributed by atoms with Gasteiger partial charge in [-0.3, -0.25) is 9.59 Å². The van der Waals surface area contributed by atoms with Crippen molar-refractivity contribution in [2.24, 2.45) is 5.73 Å². The molecule has 0 aliphatic carbocycles. The van der Waals surface area contributed by atoms with Gasteiger partial charge in [-0.15, -0.1) is 0 Å². The van der Waals surface area contributed by atoms with Crippen molar-refractivity contribution < 1.29 is 9.59 Å². The van der Waals surface area contributed by atoms with E-state index in [4.69, 9.17) is 11.5 Å². The van der Waals surface area contributed by atoms with Crippen LogP contribution >= 0.6 is 0 Å². The first-order valence-electron chi connectivity index (χ1n) is 6.01. The maximum Gasteiger partial charge on any atom is 0.250 e. The third-order valence-corrected chi connectivity index (χ3v) is 2.83. The highest BCUT2D eigenvalue weighted by Crippen LogP contribution is 2.22. The van der Waals surface area contributed by atoms with Crippen molar-refractivity contribution in [1.29, 1.82) is 0 Å². The lowest BCUT2D eigenvalue weighted by molar-refractivity contribution is -0.127. The van der Waals surface area contributed by atoms with Crippen LogP contribution in [0.5, 0.6) is 0 Å². The van der Waals surface area contributed by atoms with Crippen LogP contribution in [0.3, 0.4) is 0 Å². The fraction of sp³-hybridized carbons (Fsp3) is 0.385. The summed E-state index contributed by atoms with van der Waals surface area (Å²) in [5, 5.41) is 0. The average molecular weight is 264 g/mol. The number of benzene rings is 1. The lowest BCUT2D eigenvalue weighted by atomic mass is 10.1. The van der Waals surface area contributed by atoms with E-state index >= 15 is 0 Å². The highest BCUT2D eigenvalue weighted by Gasteiger charge is 2.17. The molecule has 0 aliphatic heterocycles. The van der Waals surface area contributed by atoms with E-state index in [9.17, 15) is 9.59 Å². The molecule has 0 spiro atoms. The lowest BCUT2D eigenvalue weighted by Gasteiger charge is -2.26. The second kappa shape index (κ2) is 6.08. The summed E-state index contributed by atoms with van der Waals surface area (Å²) >= 11 is 0. The topological polar surface area (TPSA) is 92.7 Å². The van der Waals surface area contributed by atoms with E-state index in [1.165, 1.54) is 11.0 Å². The molecule has 1 aromatic carbocycles. The van der Waals surface area contributed by atoms with Crippen LogP contribution in [0, 0.1) is 0 Å². The third kappa shape index (κ3) is 3.61. The van der Waals surface area contributed by atoms with E-state index in [1.54, 1.807) is 31.1 Å². The molecule has 0 unspecified atom stereocenters. The summed E-state index contributed by atoms with van der Waals surface area (Å²) in [5.41, 5.74) is 12.4. The zero-order chi connectivity index (χ0) is 14.6. The van der Waals surface area contributed by atoms with Crippen LogP contribution in [0.2, 0.25) is 0 Å². The Morgan fingerprint density at radius 2 is 1.89 bits per heavy atom. The number of likely N-dealkylation sites (N-methyl/N-ethyl adjacent to an activating group) is 2. The van der Waals surface area contributed by atoms with Crippen LogP contribution < -0.4 is 16.4 Å². The summed E-state index contributed by atoms with van der Waals surface area (Å²) in [7, 11) is 3.38. The van der Waals surface area contributed by atoms with Gasteiger partial charge in [0.25, 0.3) is 5.91 Å². The first-order chi connectivity index (χ1) is 8.86. The molecule has 1 aromatic rings. The number of hydrogen-bond acceptors (Lipinski definition) is 4. The standard InChI is InChI=1S/C13H20N4O2/c1-4-17(8-12(18)16(2)3)11-6-5-9(14)7-10(11)13(15)19/h5-7H,4,8,14H2,1-3H3,(H2,15,19). The molecular formula is C13H20N4O2. The van der Waals surface area contributed by atoms with Gasteiger partial charge in [0.05, 0.1) is 17.8 Å². The Hall–Kier alpha value is -2.24. The molecule has 4 N–H and O–H groups in total. The molecule has 104 valence electrons. The maximum atomic E-state index is 11.8. The molecule has 0 atom stereocenters. The van der Waals surface area contributed by atoms with Gasteiger partial charge in [0.2, 0.25) is 5.91 Å². The van der Waals surface area contributed by atoms with E-state index < -0.39 is 5.91 Å². The van der Waals surface area contributed by atoms with Crippen LogP contribution in [0.25, 0.3) is 0 Å². The van der Waals surface area contributed by atoms with Gasteiger partial charge < -0.3 is 21.3 Å². The van der Waals surface area contributed by atoms with Gasteiger partial charge in [0.1, 0.15) is 0 Å².